The Balaban J connectivity index is 2.01. The van der Waals surface area contributed by atoms with Gasteiger partial charge in [0.05, 0.1) is 0 Å². The predicted molar refractivity (Wildman–Crippen MR) is 77.7 cm³/mol. The van der Waals surface area contributed by atoms with Crippen LogP contribution in [0.4, 0.5) is 0 Å². The van der Waals surface area contributed by atoms with Crippen LogP contribution in [0.3, 0.4) is 0 Å². The lowest BCUT2D eigenvalue weighted by molar-refractivity contribution is 0.113. The van der Waals surface area contributed by atoms with Gasteiger partial charge in [0.1, 0.15) is 0 Å². The fraction of sp³-hybridized carbons (Fsp3) is 0.625. The monoisotopic (exact) mass is 246 g/mol. The maximum Gasteiger partial charge on any atom is 0.0446 e. The van der Waals surface area contributed by atoms with Gasteiger partial charge in [0.15, 0.2) is 0 Å². The topological polar surface area (TPSA) is 15.3 Å². The maximum absolute atomic E-state index is 3.46. The van der Waals surface area contributed by atoms with Gasteiger partial charge < -0.3 is 5.32 Å². The van der Waals surface area contributed by atoms with Crippen LogP contribution in [0.2, 0.25) is 0 Å². The van der Waals surface area contributed by atoms with Gasteiger partial charge in [0.2, 0.25) is 0 Å². The average Bonchev–Trinajstić information content (AvgIpc) is 2.41. The van der Waals surface area contributed by atoms with Crippen molar-refractivity contribution in [1.29, 1.82) is 0 Å². The van der Waals surface area contributed by atoms with Gasteiger partial charge in [-0.2, -0.15) is 0 Å². The van der Waals surface area contributed by atoms with Crippen LogP contribution in [0.25, 0.3) is 0 Å². The van der Waals surface area contributed by atoms with E-state index in [4.69, 9.17) is 0 Å². The fourth-order valence-electron chi connectivity index (χ4n) is 2.92. The standard InChI is InChI=1S/C16H26N2/c1-13-9-10-14(2)18(11-13)12-16(17-3)15-7-5-4-6-8-15/h4-8,13-14,16-17H,9-12H2,1-3H3. The second-order valence-electron chi connectivity index (χ2n) is 5.74. The lowest BCUT2D eigenvalue weighted by Crippen LogP contribution is -2.44. The Kier molecular flexibility index (Phi) is 4.79. The van der Waals surface area contributed by atoms with Crippen LogP contribution >= 0.6 is 0 Å². The van der Waals surface area contributed by atoms with Crippen molar-refractivity contribution in [3.8, 4) is 0 Å². The highest BCUT2D eigenvalue weighted by atomic mass is 15.2. The molecule has 1 aliphatic rings. The van der Waals surface area contributed by atoms with Crippen molar-refractivity contribution in [2.45, 2.75) is 38.8 Å². The summed E-state index contributed by atoms with van der Waals surface area (Å²) in [5.41, 5.74) is 1.39. The van der Waals surface area contributed by atoms with Crippen LogP contribution in [-0.2, 0) is 0 Å². The molecule has 1 aromatic carbocycles. The van der Waals surface area contributed by atoms with E-state index in [2.05, 4.69) is 61.4 Å². The molecule has 0 aliphatic carbocycles. The minimum atomic E-state index is 0.443. The predicted octanol–water partition coefficient (Wildman–Crippen LogP) is 3.07. The van der Waals surface area contributed by atoms with Crippen LogP contribution in [-0.4, -0.2) is 31.1 Å². The van der Waals surface area contributed by atoms with E-state index in [9.17, 15) is 0 Å². The molecule has 1 heterocycles. The normalized spacial score (nSPS) is 27.1. The van der Waals surface area contributed by atoms with E-state index in [0.29, 0.717) is 6.04 Å². The molecule has 2 heteroatoms. The second-order valence-corrected chi connectivity index (χ2v) is 5.74. The lowest BCUT2D eigenvalue weighted by atomic mass is 9.94. The molecule has 1 aliphatic heterocycles. The van der Waals surface area contributed by atoms with Gasteiger partial charge in [0.25, 0.3) is 0 Å². The van der Waals surface area contributed by atoms with Crippen LogP contribution in [0.5, 0.6) is 0 Å². The molecule has 1 saturated heterocycles. The summed E-state index contributed by atoms with van der Waals surface area (Å²) in [6, 6.07) is 11.9. The highest BCUT2D eigenvalue weighted by Gasteiger charge is 2.25. The summed E-state index contributed by atoms with van der Waals surface area (Å²) < 4.78 is 0. The summed E-state index contributed by atoms with van der Waals surface area (Å²) in [6.07, 6.45) is 2.72. The second kappa shape index (κ2) is 6.35. The molecule has 3 unspecified atom stereocenters. The van der Waals surface area contributed by atoms with Crippen molar-refractivity contribution in [2.24, 2.45) is 5.92 Å². The molecule has 1 fully saturated rings. The van der Waals surface area contributed by atoms with E-state index >= 15 is 0 Å². The van der Waals surface area contributed by atoms with Gasteiger partial charge in [-0.3, -0.25) is 4.90 Å². The van der Waals surface area contributed by atoms with Gasteiger partial charge in [-0.25, -0.2) is 0 Å². The first kappa shape index (κ1) is 13.6. The Hall–Kier alpha value is -0.860. The summed E-state index contributed by atoms with van der Waals surface area (Å²) in [4.78, 5) is 2.64. The van der Waals surface area contributed by atoms with E-state index in [1.165, 1.54) is 24.9 Å². The quantitative estimate of drug-likeness (QED) is 0.878. The first-order valence-electron chi connectivity index (χ1n) is 7.17. The van der Waals surface area contributed by atoms with Crippen molar-refractivity contribution >= 4 is 0 Å². The summed E-state index contributed by atoms with van der Waals surface area (Å²) in [5, 5.41) is 3.46. The van der Waals surface area contributed by atoms with E-state index in [0.717, 1.165) is 18.5 Å². The molecule has 100 valence electrons. The molecule has 1 N–H and O–H groups in total. The van der Waals surface area contributed by atoms with Crippen LogP contribution in [0, 0.1) is 5.92 Å². The third kappa shape index (κ3) is 3.33. The zero-order chi connectivity index (χ0) is 13.0. The van der Waals surface area contributed by atoms with Crippen molar-refractivity contribution in [1.82, 2.24) is 10.2 Å². The zero-order valence-corrected chi connectivity index (χ0v) is 11.9. The molecule has 0 aromatic heterocycles. The van der Waals surface area contributed by atoms with Gasteiger partial charge in [-0.1, -0.05) is 37.3 Å². The summed E-state index contributed by atoms with van der Waals surface area (Å²) >= 11 is 0. The Labute approximate surface area is 111 Å². The third-order valence-electron chi connectivity index (χ3n) is 4.21. The molecule has 3 atom stereocenters. The Bertz CT molecular complexity index is 349. The number of hydrogen-bond donors (Lipinski definition) is 1. The molecule has 0 spiro atoms. The number of nitrogens with zero attached hydrogens (tertiary/aromatic N) is 1. The largest absolute Gasteiger partial charge is 0.312 e. The highest BCUT2D eigenvalue weighted by Crippen LogP contribution is 2.24. The number of nitrogens with one attached hydrogen (secondary N) is 1. The van der Waals surface area contributed by atoms with Crippen molar-refractivity contribution < 1.29 is 0 Å². The molecule has 18 heavy (non-hydrogen) atoms. The fourth-order valence-corrected chi connectivity index (χ4v) is 2.92. The minimum absolute atomic E-state index is 0.443. The number of likely N-dealkylation sites (N-methyl/N-ethyl adjacent to an activating group) is 1. The SMILES string of the molecule is CNC(CN1CC(C)CCC1C)c1ccccc1. The summed E-state index contributed by atoms with van der Waals surface area (Å²) in [6.45, 7) is 7.09. The van der Waals surface area contributed by atoms with Gasteiger partial charge >= 0.3 is 0 Å². The first-order chi connectivity index (χ1) is 8.70. The molecule has 0 bridgehead atoms. The number of rotatable bonds is 4. The Morgan fingerprint density at radius 2 is 1.94 bits per heavy atom. The molecule has 0 amide bonds. The number of benzene rings is 1. The van der Waals surface area contributed by atoms with Crippen LogP contribution < -0.4 is 5.32 Å². The summed E-state index contributed by atoms with van der Waals surface area (Å²) in [5.74, 6) is 0.842. The lowest BCUT2D eigenvalue weighted by Gasteiger charge is -2.38. The minimum Gasteiger partial charge on any atom is -0.312 e. The smallest absolute Gasteiger partial charge is 0.0446 e. The van der Waals surface area contributed by atoms with Crippen molar-refractivity contribution in [2.75, 3.05) is 20.1 Å². The molecule has 2 rings (SSSR count). The molecule has 1 aromatic rings. The number of likely N-dealkylation sites (tertiary alicyclic amines) is 1. The molecule has 0 saturated carbocycles. The van der Waals surface area contributed by atoms with E-state index in [1.807, 2.05) is 0 Å². The number of piperidine rings is 1. The molecule has 2 nitrogen and oxygen atoms in total. The highest BCUT2D eigenvalue weighted by molar-refractivity contribution is 5.19. The van der Waals surface area contributed by atoms with Crippen LogP contribution in [0.1, 0.15) is 38.3 Å². The average molecular weight is 246 g/mol. The first-order valence-corrected chi connectivity index (χ1v) is 7.17. The Morgan fingerprint density at radius 1 is 1.22 bits per heavy atom. The maximum atomic E-state index is 3.46. The Morgan fingerprint density at radius 3 is 2.61 bits per heavy atom. The van der Waals surface area contributed by atoms with Crippen molar-refractivity contribution in [3.05, 3.63) is 35.9 Å². The molecular formula is C16H26N2. The molecule has 0 radical (unpaired) electrons. The summed E-state index contributed by atoms with van der Waals surface area (Å²) in [7, 11) is 2.07. The van der Waals surface area contributed by atoms with Crippen LogP contribution in [0.15, 0.2) is 30.3 Å². The van der Waals surface area contributed by atoms with Gasteiger partial charge in [0, 0.05) is 25.2 Å². The van der Waals surface area contributed by atoms with E-state index in [1.54, 1.807) is 0 Å². The van der Waals surface area contributed by atoms with Gasteiger partial charge in [-0.05, 0) is 38.3 Å². The number of hydrogen-bond acceptors (Lipinski definition) is 2. The zero-order valence-electron chi connectivity index (χ0n) is 11.9. The van der Waals surface area contributed by atoms with E-state index in [-0.39, 0.29) is 0 Å². The molecular weight excluding hydrogens is 220 g/mol. The third-order valence-corrected chi connectivity index (χ3v) is 4.21. The van der Waals surface area contributed by atoms with E-state index < -0.39 is 0 Å². The van der Waals surface area contributed by atoms with Crippen molar-refractivity contribution in [3.63, 3.8) is 0 Å². The van der Waals surface area contributed by atoms with Gasteiger partial charge in [-0.15, -0.1) is 0 Å².